The summed E-state index contributed by atoms with van der Waals surface area (Å²) in [7, 11) is 0. The molecule has 0 aliphatic carbocycles. The van der Waals surface area contributed by atoms with Crippen LogP contribution in [0.25, 0.3) is 0 Å². The lowest BCUT2D eigenvalue weighted by molar-refractivity contribution is 0.121. The van der Waals surface area contributed by atoms with Gasteiger partial charge in [-0.1, -0.05) is 30.3 Å². The zero-order chi connectivity index (χ0) is 11.9. The molecule has 0 saturated carbocycles. The highest BCUT2D eigenvalue weighted by atomic mass is 32.2. The summed E-state index contributed by atoms with van der Waals surface area (Å²) >= 11 is 2.00. The summed E-state index contributed by atoms with van der Waals surface area (Å²) < 4.78 is 11.2. The first kappa shape index (κ1) is 11.6. The maximum atomic E-state index is 5.72. The fourth-order valence-corrected chi connectivity index (χ4v) is 3.07. The molecule has 3 heteroatoms. The van der Waals surface area contributed by atoms with Gasteiger partial charge < -0.3 is 9.47 Å². The Kier molecular flexibility index (Phi) is 2.93. The number of epoxide rings is 1. The quantitative estimate of drug-likeness (QED) is 0.750. The Labute approximate surface area is 107 Å². The Balaban J connectivity index is 1.39. The Morgan fingerprint density at radius 1 is 1.24 bits per heavy atom. The van der Waals surface area contributed by atoms with E-state index < -0.39 is 0 Å². The van der Waals surface area contributed by atoms with Crippen molar-refractivity contribution in [1.29, 1.82) is 0 Å². The molecule has 2 aliphatic rings. The fraction of sp³-hybridized carbons (Fsp3) is 0.571. The SMILES string of the molecule is CC1(C)OC1COCC1SC1c1ccccc1. The smallest absolute Gasteiger partial charge is 0.110 e. The molecule has 2 heterocycles. The number of benzene rings is 1. The zero-order valence-electron chi connectivity index (χ0n) is 10.3. The van der Waals surface area contributed by atoms with Crippen molar-refractivity contribution in [2.75, 3.05) is 13.2 Å². The Bertz CT molecular complexity index is 390. The molecule has 17 heavy (non-hydrogen) atoms. The summed E-state index contributed by atoms with van der Waals surface area (Å²) in [6, 6.07) is 10.7. The first-order valence-electron chi connectivity index (χ1n) is 6.13. The fourth-order valence-electron chi connectivity index (χ4n) is 2.06. The topological polar surface area (TPSA) is 21.8 Å². The molecule has 3 unspecified atom stereocenters. The summed E-state index contributed by atoms with van der Waals surface area (Å²) in [5.41, 5.74) is 1.48. The van der Waals surface area contributed by atoms with Crippen molar-refractivity contribution in [3.8, 4) is 0 Å². The van der Waals surface area contributed by atoms with Crippen molar-refractivity contribution < 1.29 is 9.47 Å². The van der Waals surface area contributed by atoms with Gasteiger partial charge in [-0.25, -0.2) is 0 Å². The van der Waals surface area contributed by atoms with Crippen LogP contribution in [-0.4, -0.2) is 30.2 Å². The van der Waals surface area contributed by atoms with E-state index in [4.69, 9.17) is 9.47 Å². The van der Waals surface area contributed by atoms with Crippen molar-refractivity contribution in [2.45, 2.75) is 36.1 Å². The van der Waals surface area contributed by atoms with Crippen LogP contribution in [0.4, 0.5) is 0 Å². The minimum absolute atomic E-state index is 0.0511. The molecule has 92 valence electrons. The summed E-state index contributed by atoms with van der Waals surface area (Å²) in [6.07, 6.45) is 0.307. The minimum Gasteiger partial charge on any atom is -0.377 e. The van der Waals surface area contributed by atoms with Gasteiger partial charge in [0, 0.05) is 10.5 Å². The first-order chi connectivity index (χ1) is 8.17. The van der Waals surface area contributed by atoms with Crippen LogP contribution in [0.1, 0.15) is 24.7 Å². The highest BCUT2D eigenvalue weighted by molar-refractivity contribution is 8.07. The van der Waals surface area contributed by atoms with Crippen molar-refractivity contribution in [1.82, 2.24) is 0 Å². The molecule has 0 bridgehead atoms. The number of hydrogen-bond donors (Lipinski definition) is 0. The third kappa shape index (κ3) is 2.67. The predicted octanol–water partition coefficient (Wildman–Crippen LogP) is 3.04. The summed E-state index contributed by atoms with van der Waals surface area (Å²) in [4.78, 5) is 0. The second-order valence-electron chi connectivity index (χ2n) is 5.25. The Hall–Kier alpha value is -0.510. The van der Waals surface area contributed by atoms with E-state index >= 15 is 0 Å². The average Bonchev–Trinajstić information content (AvgIpc) is 3.19. The van der Waals surface area contributed by atoms with Crippen LogP contribution in [-0.2, 0) is 9.47 Å². The van der Waals surface area contributed by atoms with Gasteiger partial charge in [-0.2, -0.15) is 0 Å². The molecule has 2 aliphatic heterocycles. The van der Waals surface area contributed by atoms with Crippen molar-refractivity contribution >= 4 is 11.8 Å². The summed E-state index contributed by atoms with van der Waals surface area (Å²) in [5.74, 6) is 0. The maximum absolute atomic E-state index is 5.72. The molecule has 0 aromatic heterocycles. The minimum atomic E-state index is 0.0511. The molecule has 0 spiro atoms. The van der Waals surface area contributed by atoms with Gasteiger partial charge in [-0.05, 0) is 19.4 Å². The first-order valence-corrected chi connectivity index (χ1v) is 7.07. The molecule has 3 rings (SSSR count). The van der Waals surface area contributed by atoms with Crippen molar-refractivity contribution in [3.63, 3.8) is 0 Å². The molecule has 3 atom stereocenters. The van der Waals surface area contributed by atoms with Crippen LogP contribution in [0.15, 0.2) is 30.3 Å². The number of thioether (sulfide) groups is 1. The summed E-state index contributed by atoms with van der Waals surface area (Å²) in [5, 5.41) is 1.28. The lowest BCUT2D eigenvalue weighted by Crippen LogP contribution is -2.12. The van der Waals surface area contributed by atoms with Crippen LogP contribution >= 0.6 is 11.8 Å². The van der Waals surface area contributed by atoms with E-state index in [-0.39, 0.29) is 5.60 Å². The van der Waals surface area contributed by atoms with Crippen LogP contribution in [0, 0.1) is 0 Å². The lowest BCUT2D eigenvalue weighted by atomic mass is 10.1. The maximum Gasteiger partial charge on any atom is 0.110 e. The van der Waals surface area contributed by atoms with E-state index in [9.17, 15) is 0 Å². The average molecular weight is 250 g/mol. The van der Waals surface area contributed by atoms with Gasteiger partial charge in [-0.3, -0.25) is 0 Å². The van der Waals surface area contributed by atoms with E-state index in [1.165, 1.54) is 5.56 Å². The molecule has 1 aromatic rings. The van der Waals surface area contributed by atoms with Gasteiger partial charge >= 0.3 is 0 Å². The van der Waals surface area contributed by atoms with Gasteiger partial charge in [0.25, 0.3) is 0 Å². The molecule has 2 saturated heterocycles. The Morgan fingerprint density at radius 3 is 2.59 bits per heavy atom. The lowest BCUT2D eigenvalue weighted by Gasteiger charge is -2.01. The van der Waals surface area contributed by atoms with Gasteiger partial charge in [0.15, 0.2) is 0 Å². The summed E-state index contributed by atoms with van der Waals surface area (Å²) in [6.45, 7) is 5.81. The second kappa shape index (κ2) is 4.30. The van der Waals surface area contributed by atoms with Crippen LogP contribution < -0.4 is 0 Å². The van der Waals surface area contributed by atoms with E-state index in [2.05, 4.69) is 44.2 Å². The molecule has 1 aromatic carbocycles. The van der Waals surface area contributed by atoms with Crippen LogP contribution in [0.3, 0.4) is 0 Å². The third-order valence-corrected chi connectivity index (χ3v) is 4.76. The van der Waals surface area contributed by atoms with Crippen LogP contribution in [0.2, 0.25) is 0 Å². The largest absolute Gasteiger partial charge is 0.377 e. The molecule has 2 fully saturated rings. The second-order valence-corrected chi connectivity index (χ2v) is 6.64. The van der Waals surface area contributed by atoms with E-state index in [1.807, 2.05) is 11.8 Å². The molecule has 0 radical (unpaired) electrons. The molecule has 0 N–H and O–H groups in total. The number of hydrogen-bond acceptors (Lipinski definition) is 3. The van der Waals surface area contributed by atoms with E-state index in [1.54, 1.807) is 0 Å². The highest BCUT2D eigenvalue weighted by Gasteiger charge is 2.48. The van der Waals surface area contributed by atoms with Gasteiger partial charge in [0.2, 0.25) is 0 Å². The standard InChI is InChI=1S/C14H18O2S/c1-14(2)12(16-14)9-15-8-11-13(17-11)10-6-4-3-5-7-10/h3-7,11-13H,8-9H2,1-2H3. The normalized spacial score (nSPS) is 33.4. The zero-order valence-corrected chi connectivity index (χ0v) is 11.1. The molecule has 0 amide bonds. The van der Waals surface area contributed by atoms with Gasteiger partial charge in [0.05, 0.1) is 18.8 Å². The van der Waals surface area contributed by atoms with E-state index in [0.717, 1.165) is 13.2 Å². The molecular weight excluding hydrogens is 232 g/mol. The van der Waals surface area contributed by atoms with Gasteiger partial charge in [0.1, 0.15) is 6.10 Å². The van der Waals surface area contributed by atoms with Crippen molar-refractivity contribution in [3.05, 3.63) is 35.9 Å². The van der Waals surface area contributed by atoms with Gasteiger partial charge in [-0.15, -0.1) is 11.8 Å². The Morgan fingerprint density at radius 2 is 1.94 bits per heavy atom. The number of rotatable bonds is 5. The van der Waals surface area contributed by atoms with Crippen molar-refractivity contribution in [2.24, 2.45) is 0 Å². The highest BCUT2D eigenvalue weighted by Crippen LogP contribution is 2.54. The monoisotopic (exact) mass is 250 g/mol. The molecule has 2 nitrogen and oxygen atoms in total. The van der Waals surface area contributed by atoms with Crippen LogP contribution in [0.5, 0.6) is 0 Å². The third-order valence-electron chi connectivity index (χ3n) is 3.43. The predicted molar refractivity (Wildman–Crippen MR) is 70.3 cm³/mol. The number of ether oxygens (including phenoxy) is 2. The molecular formula is C14H18O2S. The van der Waals surface area contributed by atoms with E-state index in [0.29, 0.717) is 16.6 Å².